The molecule has 0 N–H and O–H groups in total. The Morgan fingerprint density at radius 3 is 3.00 bits per heavy atom. The smallest absolute Gasteiger partial charge is 0.218 e. The number of halogens is 1. The van der Waals surface area contributed by atoms with Gasteiger partial charge in [-0.1, -0.05) is 6.07 Å². The van der Waals surface area contributed by atoms with Crippen molar-refractivity contribution in [2.75, 3.05) is 13.2 Å². The molecular weight excluding hydrogens is 214 g/mol. The van der Waals surface area contributed by atoms with E-state index in [9.17, 15) is 0 Å². The van der Waals surface area contributed by atoms with Crippen molar-refractivity contribution in [1.29, 1.82) is 0 Å². The van der Waals surface area contributed by atoms with Crippen molar-refractivity contribution in [2.45, 2.75) is 24.8 Å². The summed E-state index contributed by atoms with van der Waals surface area (Å²) in [5, 5.41) is 0. The third-order valence-electron chi connectivity index (χ3n) is 2.44. The maximum Gasteiger partial charge on any atom is 0.218 e. The Balaban J connectivity index is 2.02. The van der Waals surface area contributed by atoms with Crippen LogP contribution in [0.2, 0.25) is 0 Å². The molecule has 0 radical (unpaired) electrons. The van der Waals surface area contributed by atoms with Crippen LogP contribution >= 0.6 is 11.6 Å². The normalized spacial score (nSPS) is 17.7. The van der Waals surface area contributed by atoms with Gasteiger partial charge in [-0.25, -0.2) is 4.98 Å². The minimum Gasteiger partial charge on any atom is -0.474 e. The second-order valence-electron chi connectivity index (χ2n) is 3.53. The average molecular weight is 228 g/mol. The molecule has 0 atom stereocenters. The lowest BCUT2D eigenvalue weighted by molar-refractivity contribution is 0.0234. The lowest BCUT2D eigenvalue weighted by Crippen LogP contribution is -2.26. The van der Waals surface area contributed by atoms with E-state index in [0.29, 0.717) is 11.8 Å². The van der Waals surface area contributed by atoms with Crippen molar-refractivity contribution in [3.63, 3.8) is 0 Å². The molecule has 1 saturated heterocycles. The van der Waals surface area contributed by atoms with Gasteiger partial charge in [0.25, 0.3) is 0 Å². The number of hydrogen-bond donors (Lipinski definition) is 0. The van der Waals surface area contributed by atoms with E-state index < -0.39 is 0 Å². The highest BCUT2D eigenvalue weighted by Crippen LogP contribution is 2.20. The van der Waals surface area contributed by atoms with Gasteiger partial charge in [-0.3, -0.25) is 0 Å². The SMILES string of the molecule is ClCc1cccnc1OC1CCOCC1. The number of aromatic nitrogens is 1. The molecule has 0 aliphatic carbocycles. The summed E-state index contributed by atoms with van der Waals surface area (Å²) in [7, 11) is 0. The molecule has 1 fully saturated rings. The highest BCUT2D eigenvalue weighted by atomic mass is 35.5. The Bertz CT molecular complexity index is 313. The standard InChI is InChI=1S/C11H14ClNO2/c12-8-9-2-1-5-13-11(9)15-10-3-6-14-7-4-10/h1-2,5,10H,3-4,6-8H2. The van der Waals surface area contributed by atoms with Crippen LogP contribution in [-0.2, 0) is 10.6 Å². The molecule has 0 amide bonds. The quantitative estimate of drug-likeness (QED) is 0.743. The highest BCUT2D eigenvalue weighted by Gasteiger charge is 2.17. The zero-order chi connectivity index (χ0) is 10.5. The first-order chi connectivity index (χ1) is 7.40. The van der Waals surface area contributed by atoms with Crippen LogP contribution in [-0.4, -0.2) is 24.3 Å². The number of alkyl halides is 1. The van der Waals surface area contributed by atoms with E-state index in [2.05, 4.69) is 4.98 Å². The van der Waals surface area contributed by atoms with Gasteiger partial charge in [-0.05, 0) is 6.07 Å². The highest BCUT2D eigenvalue weighted by molar-refractivity contribution is 6.17. The van der Waals surface area contributed by atoms with Crippen LogP contribution in [0, 0.1) is 0 Å². The van der Waals surface area contributed by atoms with E-state index in [4.69, 9.17) is 21.1 Å². The van der Waals surface area contributed by atoms with Crippen LogP contribution in [0.15, 0.2) is 18.3 Å². The fourth-order valence-corrected chi connectivity index (χ4v) is 1.79. The number of hydrogen-bond acceptors (Lipinski definition) is 3. The van der Waals surface area contributed by atoms with Gasteiger partial charge in [0.05, 0.1) is 19.1 Å². The first kappa shape index (κ1) is 10.7. The molecule has 15 heavy (non-hydrogen) atoms. The predicted molar refractivity (Wildman–Crippen MR) is 58.3 cm³/mol. The Kier molecular flexibility index (Phi) is 3.80. The molecule has 0 aromatic carbocycles. The average Bonchev–Trinajstić information content (AvgIpc) is 2.31. The van der Waals surface area contributed by atoms with Crippen molar-refractivity contribution in [3.05, 3.63) is 23.9 Å². The third kappa shape index (κ3) is 2.83. The lowest BCUT2D eigenvalue weighted by atomic mass is 10.1. The minimum absolute atomic E-state index is 0.218. The molecule has 0 spiro atoms. The monoisotopic (exact) mass is 227 g/mol. The second kappa shape index (κ2) is 5.33. The number of pyridine rings is 1. The molecule has 0 unspecified atom stereocenters. The summed E-state index contributed by atoms with van der Waals surface area (Å²) in [5.41, 5.74) is 0.950. The first-order valence-electron chi connectivity index (χ1n) is 5.14. The van der Waals surface area contributed by atoms with Crippen LogP contribution in [0.5, 0.6) is 5.88 Å². The van der Waals surface area contributed by atoms with Crippen LogP contribution in [0.3, 0.4) is 0 Å². The summed E-state index contributed by atoms with van der Waals surface area (Å²) in [6.07, 6.45) is 3.80. The van der Waals surface area contributed by atoms with Crippen LogP contribution < -0.4 is 4.74 Å². The molecule has 1 aliphatic rings. The molecule has 1 aromatic heterocycles. The largest absolute Gasteiger partial charge is 0.474 e. The lowest BCUT2D eigenvalue weighted by Gasteiger charge is -2.23. The van der Waals surface area contributed by atoms with Gasteiger partial charge in [-0.15, -0.1) is 11.6 Å². The van der Waals surface area contributed by atoms with E-state index in [1.807, 2.05) is 12.1 Å². The van der Waals surface area contributed by atoms with Crippen molar-refractivity contribution in [3.8, 4) is 5.88 Å². The molecular formula is C11H14ClNO2. The minimum atomic E-state index is 0.218. The Morgan fingerprint density at radius 2 is 2.27 bits per heavy atom. The fourth-order valence-electron chi connectivity index (χ4n) is 1.58. The fraction of sp³-hybridized carbons (Fsp3) is 0.545. The van der Waals surface area contributed by atoms with E-state index in [0.717, 1.165) is 31.6 Å². The van der Waals surface area contributed by atoms with Gasteiger partial charge in [0, 0.05) is 24.6 Å². The van der Waals surface area contributed by atoms with E-state index in [1.165, 1.54) is 0 Å². The summed E-state index contributed by atoms with van der Waals surface area (Å²) < 4.78 is 11.1. The van der Waals surface area contributed by atoms with Gasteiger partial charge in [0.15, 0.2) is 0 Å². The summed E-state index contributed by atoms with van der Waals surface area (Å²) >= 11 is 5.81. The number of nitrogens with zero attached hydrogens (tertiary/aromatic N) is 1. The predicted octanol–water partition coefficient (Wildman–Crippen LogP) is 2.38. The summed E-state index contributed by atoms with van der Waals surface area (Å²) in [6, 6.07) is 3.81. The molecule has 2 rings (SSSR count). The van der Waals surface area contributed by atoms with Crippen molar-refractivity contribution in [2.24, 2.45) is 0 Å². The Hall–Kier alpha value is -0.800. The van der Waals surface area contributed by atoms with Gasteiger partial charge in [0.1, 0.15) is 6.10 Å². The summed E-state index contributed by atoms with van der Waals surface area (Å²) in [6.45, 7) is 1.54. The van der Waals surface area contributed by atoms with Crippen molar-refractivity contribution >= 4 is 11.6 Å². The van der Waals surface area contributed by atoms with Gasteiger partial charge in [-0.2, -0.15) is 0 Å². The molecule has 1 aliphatic heterocycles. The summed E-state index contributed by atoms with van der Waals surface area (Å²) in [4.78, 5) is 4.20. The first-order valence-corrected chi connectivity index (χ1v) is 5.68. The third-order valence-corrected chi connectivity index (χ3v) is 2.73. The van der Waals surface area contributed by atoms with E-state index in [-0.39, 0.29) is 6.10 Å². The second-order valence-corrected chi connectivity index (χ2v) is 3.80. The van der Waals surface area contributed by atoms with Gasteiger partial charge in [0.2, 0.25) is 5.88 Å². The zero-order valence-corrected chi connectivity index (χ0v) is 9.24. The Morgan fingerprint density at radius 1 is 1.47 bits per heavy atom. The van der Waals surface area contributed by atoms with Crippen molar-refractivity contribution in [1.82, 2.24) is 4.98 Å². The number of ether oxygens (including phenoxy) is 2. The molecule has 2 heterocycles. The molecule has 0 bridgehead atoms. The molecule has 4 heteroatoms. The van der Waals surface area contributed by atoms with Crippen LogP contribution in [0.1, 0.15) is 18.4 Å². The maximum atomic E-state index is 5.81. The van der Waals surface area contributed by atoms with Crippen LogP contribution in [0.25, 0.3) is 0 Å². The maximum absolute atomic E-state index is 5.81. The molecule has 82 valence electrons. The Labute approximate surface area is 94.4 Å². The molecule has 3 nitrogen and oxygen atoms in total. The van der Waals surface area contributed by atoms with Gasteiger partial charge < -0.3 is 9.47 Å². The molecule has 1 aromatic rings. The van der Waals surface area contributed by atoms with Crippen LogP contribution in [0.4, 0.5) is 0 Å². The zero-order valence-electron chi connectivity index (χ0n) is 8.49. The number of rotatable bonds is 3. The van der Waals surface area contributed by atoms with Gasteiger partial charge >= 0.3 is 0 Å². The topological polar surface area (TPSA) is 31.4 Å². The summed E-state index contributed by atoms with van der Waals surface area (Å²) in [5.74, 6) is 1.10. The molecule has 0 saturated carbocycles. The van der Waals surface area contributed by atoms with E-state index >= 15 is 0 Å². The van der Waals surface area contributed by atoms with E-state index in [1.54, 1.807) is 6.20 Å². The van der Waals surface area contributed by atoms with Crippen molar-refractivity contribution < 1.29 is 9.47 Å².